The van der Waals surface area contributed by atoms with Gasteiger partial charge >= 0.3 is 0 Å². The van der Waals surface area contributed by atoms with Gasteiger partial charge in [-0.05, 0) is 25.3 Å². The molecule has 1 unspecified atom stereocenters. The first-order chi connectivity index (χ1) is 7.20. The molecule has 0 bridgehead atoms. The zero-order valence-electron chi connectivity index (χ0n) is 9.49. The Morgan fingerprint density at radius 3 is 3.07 bits per heavy atom. The van der Waals surface area contributed by atoms with Crippen molar-refractivity contribution < 1.29 is 4.79 Å². The summed E-state index contributed by atoms with van der Waals surface area (Å²) in [6.45, 7) is 7.65. The van der Waals surface area contributed by atoms with Gasteiger partial charge in [-0.25, -0.2) is 0 Å². The van der Waals surface area contributed by atoms with Crippen molar-refractivity contribution >= 4 is 12.2 Å². The number of amidine groups is 1. The average molecular weight is 209 g/mol. The number of rotatable bonds is 4. The molecule has 4 nitrogen and oxygen atoms in total. The maximum Gasteiger partial charge on any atom is 0.207 e. The highest BCUT2D eigenvalue weighted by atomic mass is 16.1. The standard InChI is InChI=1S/C11H19N3O/c1-9-4-5-10(2)14(11(9)12-3)7-6-13-8-15/h8,10H,1,4-7H2,2-3H3,(H,13,15). The molecule has 15 heavy (non-hydrogen) atoms. The van der Waals surface area contributed by atoms with Gasteiger partial charge in [0.05, 0.1) is 0 Å². The number of hydrogen-bond acceptors (Lipinski definition) is 2. The van der Waals surface area contributed by atoms with Gasteiger partial charge in [0.25, 0.3) is 0 Å². The summed E-state index contributed by atoms with van der Waals surface area (Å²) in [5.74, 6) is 0.987. The van der Waals surface area contributed by atoms with Crippen LogP contribution in [0.25, 0.3) is 0 Å². The fourth-order valence-corrected chi connectivity index (χ4v) is 1.92. The summed E-state index contributed by atoms with van der Waals surface area (Å²) >= 11 is 0. The highest BCUT2D eigenvalue weighted by Gasteiger charge is 2.24. The molecular weight excluding hydrogens is 190 g/mol. The molecule has 1 saturated heterocycles. The lowest BCUT2D eigenvalue weighted by Gasteiger charge is -2.37. The Bertz CT molecular complexity index is 273. The van der Waals surface area contributed by atoms with E-state index in [9.17, 15) is 4.79 Å². The minimum atomic E-state index is 0.475. The number of carbonyl (C=O) groups is 1. The topological polar surface area (TPSA) is 44.7 Å². The number of amides is 1. The highest BCUT2D eigenvalue weighted by Crippen LogP contribution is 2.21. The van der Waals surface area contributed by atoms with Crippen molar-refractivity contribution in [3.05, 3.63) is 12.2 Å². The van der Waals surface area contributed by atoms with E-state index >= 15 is 0 Å². The predicted octanol–water partition coefficient (Wildman–Crippen LogP) is 0.801. The normalized spacial score (nSPS) is 24.4. The van der Waals surface area contributed by atoms with Gasteiger partial charge in [0.1, 0.15) is 5.84 Å². The van der Waals surface area contributed by atoms with Crippen molar-refractivity contribution in [2.45, 2.75) is 25.8 Å². The molecular formula is C11H19N3O. The van der Waals surface area contributed by atoms with Gasteiger partial charge in [0, 0.05) is 26.2 Å². The van der Waals surface area contributed by atoms with E-state index in [0.717, 1.165) is 37.2 Å². The van der Waals surface area contributed by atoms with Crippen LogP contribution in [-0.4, -0.2) is 43.3 Å². The number of nitrogens with zero attached hydrogens (tertiary/aromatic N) is 2. The Labute approximate surface area is 91.1 Å². The first kappa shape index (κ1) is 11.8. The summed E-state index contributed by atoms with van der Waals surface area (Å²) in [7, 11) is 1.79. The third-order valence-corrected chi connectivity index (χ3v) is 2.78. The van der Waals surface area contributed by atoms with E-state index in [4.69, 9.17) is 0 Å². The van der Waals surface area contributed by atoms with Gasteiger partial charge in [0.15, 0.2) is 0 Å². The van der Waals surface area contributed by atoms with Crippen molar-refractivity contribution in [1.82, 2.24) is 10.2 Å². The summed E-state index contributed by atoms with van der Waals surface area (Å²) in [5.41, 5.74) is 1.10. The summed E-state index contributed by atoms with van der Waals surface area (Å²) in [6, 6.07) is 0.475. The molecule has 0 aliphatic carbocycles. The first-order valence-corrected chi connectivity index (χ1v) is 5.29. The number of carbonyl (C=O) groups excluding carboxylic acids is 1. The second-order valence-corrected chi connectivity index (χ2v) is 3.80. The molecule has 4 heteroatoms. The molecule has 1 N–H and O–H groups in total. The van der Waals surface area contributed by atoms with Gasteiger partial charge in [-0.3, -0.25) is 9.79 Å². The summed E-state index contributed by atoms with van der Waals surface area (Å²) < 4.78 is 0. The van der Waals surface area contributed by atoms with E-state index in [-0.39, 0.29) is 0 Å². The van der Waals surface area contributed by atoms with E-state index in [1.165, 1.54) is 0 Å². The molecule has 0 aromatic carbocycles. The Morgan fingerprint density at radius 1 is 1.73 bits per heavy atom. The lowest BCUT2D eigenvalue weighted by atomic mass is 9.99. The predicted molar refractivity (Wildman–Crippen MR) is 62.0 cm³/mol. The monoisotopic (exact) mass is 209 g/mol. The molecule has 1 heterocycles. The van der Waals surface area contributed by atoms with Crippen molar-refractivity contribution in [1.29, 1.82) is 0 Å². The van der Waals surface area contributed by atoms with Crippen LogP contribution in [0.1, 0.15) is 19.8 Å². The zero-order chi connectivity index (χ0) is 11.3. The Balaban J connectivity index is 2.63. The van der Waals surface area contributed by atoms with Crippen LogP contribution in [0.3, 0.4) is 0 Å². The van der Waals surface area contributed by atoms with E-state index < -0.39 is 0 Å². The molecule has 1 fully saturated rings. The van der Waals surface area contributed by atoms with Crippen molar-refractivity contribution in [2.24, 2.45) is 4.99 Å². The molecule has 0 aromatic rings. The van der Waals surface area contributed by atoms with E-state index in [2.05, 4.69) is 28.7 Å². The second-order valence-electron chi connectivity index (χ2n) is 3.80. The van der Waals surface area contributed by atoms with Gasteiger partial charge in [0.2, 0.25) is 6.41 Å². The number of nitrogens with one attached hydrogen (secondary N) is 1. The van der Waals surface area contributed by atoms with Crippen LogP contribution in [0.5, 0.6) is 0 Å². The molecule has 1 aliphatic rings. The molecule has 0 aromatic heterocycles. The molecule has 84 valence electrons. The molecule has 1 rings (SSSR count). The third-order valence-electron chi connectivity index (χ3n) is 2.78. The van der Waals surface area contributed by atoms with E-state index in [0.29, 0.717) is 12.6 Å². The summed E-state index contributed by atoms with van der Waals surface area (Å²) in [6.07, 6.45) is 2.86. The highest BCUT2D eigenvalue weighted by molar-refractivity contribution is 5.98. The van der Waals surface area contributed by atoms with Gasteiger partial charge < -0.3 is 10.2 Å². The fraction of sp³-hybridized carbons (Fsp3) is 0.636. The maximum absolute atomic E-state index is 10.2. The minimum absolute atomic E-state index is 0.475. The van der Waals surface area contributed by atoms with Crippen LogP contribution in [0.4, 0.5) is 0 Å². The van der Waals surface area contributed by atoms with Crippen LogP contribution in [-0.2, 0) is 4.79 Å². The molecule has 0 radical (unpaired) electrons. The van der Waals surface area contributed by atoms with E-state index in [1.807, 2.05) is 0 Å². The number of piperidine rings is 1. The third kappa shape index (κ3) is 2.81. The number of aliphatic imine (C=N–C) groups is 1. The lowest BCUT2D eigenvalue weighted by molar-refractivity contribution is -0.109. The first-order valence-electron chi connectivity index (χ1n) is 5.29. The van der Waals surface area contributed by atoms with Crippen LogP contribution >= 0.6 is 0 Å². The fourth-order valence-electron chi connectivity index (χ4n) is 1.92. The van der Waals surface area contributed by atoms with Crippen LogP contribution in [0.15, 0.2) is 17.1 Å². The Kier molecular flexibility index (Phi) is 4.34. The minimum Gasteiger partial charge on any atom is -0.357 e. The largest absolute Gasteiger partial charge is 0.357 e. The number of likely N-dealkylation sites (tertiary alicyclic amines) is 1. The van der Waals surface area contributed by atoms with Crippen LogP contribution < -0.4 is 5.32 Å². The Hall–Kier alpha value is -1.32. The summed E-state index contributed by atoms with van der Waals surface area (Å²) in [4.78, 5) is 16.6. The van der Waals surface area contributed by atoms with Gasteiger partial charge in [-0.2, -0.15) is 0 Å². The smallest absolute Gasteiger partial charge is 0.207 e. The van der Waals surface area contributed by atoms with Crippen molar-refractivity contribution in [3.8, 4) is 0 Å². The lowest BCUT2D eigenvalue weighted by Crippen LogP contribution is -2.46. The molecule has 1 amide bonds. The van der Waals surface area contributed by atoms with Gasteiger partial charge in [-0.1, -0.05) is 6.58 Å². The quantitative estimate of drug-likeness (QED) is 0.550. The molecule has 0 spiro atoms. The average Bonchev–Trinajstić information content (AvgIpc) is 2.23. The van der Waals surface area contributed by atoms with Crippen molar-refractivity contribution in [2.75, 3.05) is 20.1 Å². The van der Waals surface area contributed by atoms with Gasteiger partial charge in [-0.15, -0.1) is 0 Å². The van der Waals surface area contributed by atoms with Crippen molar-refractivity contribution in [3.63, 3.8) is 0 Å². The molecule has 1 aliphatic heterocycles. The zero-order valence-corrected chi connectivity index (χ0v) is 9.49. The molecule has 1 atom stereocenters. The SMILES string of the molecule is C=C1CCC(C)N(CCNC=O)C1=NC. The second kappa shape index (κ2) is 5.53. The summed E-state index contributed by atoms with van der Waals surface area (Å²) in [5, 5.41) is 2.67. The number of hydrogen-bond donors (Lipinski definition) is 1. The van der Waals surface area contributed by atoms with Crippen LogP contribution in [0.2, 0.25) is 0 Å². The van der Waals surface area contributed by atoms with E-state index in [1.54, 1.807) is 7.05 Å². The maximum atomic E-state index is 10.2. The van der Waals surface area contributed by atoms with Crippen LogP contribution in [0, 0.1) is 0 Å². The Morgan fingerprint density at radius 2 is 2.47 bits per heavy atom. The molecule has 0 saturated carbocycles.